The van der Waals surface area contributed by atoms with Crippen LogP contribution in [-0.4, -0.2) is 29.6 Å². The lowest BCUT2D eigenvalue weighted by Gasteiger charge is -2.14. The predicted octanol–water partition coefficient (Wildman–Crippen LogP) is 1.46. The van der Waals surface area contributed by atoms with Crippen LogP contribution in [-0.2, 0) is 9.59 Å². The maximum absolute atomic E-state index is 11.6. The van der Waals surface area contributed by atoms with E-state index in [2.05, 4.69) is 10.6 Å². The van der Waals surface area contributed by atoms with Crippen LogP contribution in [0, 0.1) is 12.8 Å². The highest BCUT2D eigenvalue weighted by atomic mass is 16.3. The highest BCUT2D eigenvalue weighted by Crippen LogP contribution is 2.08. The van der Waals surface area contributed by atoms with Crippen LogP contribution in [0.4, 0.5) is 5.69 Å². The van der Waals surface area contributed by atoms with Crippen molar-refractivity contribution in [1.29, 1.82) is 0 Å². The number of aryl methyl sites for hydroxylation is 1. The average Bonchev–Trinajstić information content (AvgIpc) is 2.40. The van der Waals surface area contributed by atoms with E-state index in [4.69, 9.17) is 0 Å². The fourth-order valence-corrected chi connectivity index (χ4v) is 1.57. The Hall–Kier alpha value is -1.88. The smallest absolute Gasteiger partial charge is 0.313 e. The number of amides is 2. The second kappa shape index (κ2) is 7.65. The van der Waals surface area contributed by atoms with Crippen LogP contribution in [0.15, 0.2) is 24.3 Å². The van der Waals surface area contributed by atoms with Gasteiger partial charge in [-0.2, -0.15) is 0 Å². The summed E-state index contributed by atoms with van der Waals surface area (Å²) >= 11 is 0. The average molecular weight is 278 g/mol. The van der Waals surface area contributed by atoms with E-state index in [9.17, 15) is 14.7 Å². The van der Waals surface area contributed by atoms with Crippen molar-refractivity contribution in [3.63, 3.8) is 0 Å². The molecule has 1 aromatic carbocycles. The molecule has 110 valence electrons. The zero-order valence-corrected chi connectivity index (χ0v) is 12.1. The third-order valence-corrected chi connectivity index (χ3v) is 3.01. The quantitative estimate of drug-likeness (QED) is 0.713. The molecule has 5 nitrogen and oxygen atoms in total. The van der Waals surface area contributed by atoms with Crippen LogP contribution >= 0.6 is 0 Å². The first-order valence-electron chi connectivity index (χ1n) is 6.74. The molecule has 0 aromatic heterocycles. The molecule has 0 saturated carbocycles. The van der Waals surface area contributed by atoms with Crippen molar-refractivity contribution in [2.75, 3.05) is 11.9 Å². The van der Waals surface area contributed by atoms with Crippen LogP contribution in [0.25, 0.3) is 0 Å². The third-order valence-electron chi connectivity index (χ3n) is 3.01. The number of nitrogens with one attached hydrogen (secondary N) is 2. The molecule has 1 atom stereocenters. The van der Waals surface area contributed by atoms with Crippen LogP contribution in [0.5, 0.6) is 0 Å². The van der Waals surface area contributed by atoms with E-state index in [1.807, 2.05) is 32.9 Å². The summed E-state index contributed by atoms with van der Waals surface area (Å²) in [7, 11) is 0. The van der Waals surface area contributed by atoms with Gasteiger partial charge < -0.3 is 15.7 Å². The molecule has 0 bridgehead atoms. The van der Waals surface area contributed by atoms with E-state index < -0.39 is 17.9 Å². The summed E-state index contributed by atoms with van der Waals surface area (Å²) in [4.78, 5) is 23.2. The highest BCUT2D eigenvalue weighted by molar-refractivity contribution is 6.39. The largest absolute Gasteiger partial charge is 0.393 e. The van der Waals surface area contributed by atoms with E-state index >= 15 is 0 Å². The number of rotatable bonds is 5. The molecule has 1 unspecified atom stereocenters. The first-order valence-corrected chi connectivity index (χ1v) is 6.74. The topological polar surface area (TPSA) is 78.4 Å². The van der Waals surface area contributed by atoms with Gasteiger partial charge in [0.25, 0.3) is 0 Å². The van der Waals surface area contributed by atoms with Crippen molar-refractivity contribution in [3.8, 4) is 0 Å². The number of aliphatic hydroxyl groups excluding tert-OH is 1. The Balaban J connectivity index is 2.36. The van der Waals surface area contributed by atoms with Gasteiger partial charge in [0.2, 0.25) is 0 Å². The fourth-order valence-electron chi connectivity index (χ4n) is 1.57. The van der Waals surface area contributed by atoms with E-state index in [0.29, 0.717) is 12.1 Å². The molecule has 0 fully saturated rings. The maximum atomic E-state index is 11.6. The Morgan fingerprint density at radius 3 is 2.30 bits per heavy atom. The van der Waals surface area contributed by atoms with Gasteiger partial charge in [0.1, 0.15) is 0 Å². The zero-order chi connectivity index (χ0) is 15.1. The Morgan fingerprint density at radius 2 is 1.75 bits per heavy atom. The molecule has 0 radical (unpaired) electrons. The second-order valence-corrected chi connectivity index (χ2v) is 5.18. The number of carbonyl (C=O) groups is 2. The summed E-state index contributed by atoms with van der Waals surface area (Å²) in [5, 5.41) is 14.6. The van der Waals surface area contributed by atoms with Crippen molar-refractivity contribution in [3.05, 3.63) is 29.8 Å². The van der Waals surface area contributed by atoms with E-state index in [1.54, 1.807) is 12.1 Å². The van der Waals surface area contributed by atoms with Crippen molar-refractivity contribution in [2.45, 2.75) is 33.3 Å². The highest BCUT2D eigenvalue weighted by Gasteiger charge is 2.14. The molecule has 1 rings (SSSR count). The Bertz CT molecular complexity index is 455. The van der Waals surface area contributed by atoms with Gasteiger partial charge in [0.05, 0.1) is 6.10 Å². The van der Waals surface area contributed by atoms with E-state index in [0.717, 1.165) is 5.56 Å². The molecule has 0 aliphatic heterocycles. The molecule has 0 spiro atoms. The lowest BCUT2D eigenvalue weighted by Crippen LogP contribution is -2.37. The molecule has 20 heavy (non-hydrogen) atoms. The maximum Gasteiger partial charge on any atom is 0.313 e. The normalized spacial score (nSPS) is 12.1. The van der Waals surface area contributed by atoms with Crippen LogP contribution in [0.2, 0.25) is 0 Å². The minimum absolute atomic E-state index is 0.133. The van der Waals surface area contributed by atoms with E-state index in [-0.39, 0.29) is 12.5 Å². The summed E-state index contributed by atoms with van der Waals surface area (Å²) in [6.07, 6.45) is -0.0447. The van der Waals surface area contributed by atoms with Gasteiger partial charge in [0, 0.05) is 12.2 Å². The molecular weight excluding hydrogens is 256 g/mol. The number of benzene rings is 1. The summed E-state index contributed by atoms with van der Waals surface area (Å²) < 4.78 is 0. The van der Waals surface area contributed by atoms with Gasteiger partial charge in [-0.1, -0.05) is 31.5 Å². The molecule has 5 heteroatoms. The minimum Gasteiger partial charge on any atom is -0.393 e. The fraction of sp³-hybridized carbons (Fsp3) is 0.467. The number of carbonyl (C=O) groups excluding carboxylic acids is 2. The molecule has 0 aliphatic carbocycles. The van der Waals surface area contributed by atoms with Crippen molar-refractivity contribution >= 4 is 17.5 Å². The summed E-state index contributed by atoms with van der Waals surface area (Å²) in [5.41, 5.74) is 1.66. The van der Waals surface area contributed by atoms with Crippen molar-refractivity contribution in [2.24, 2.45) is 5.92 Å². The number of aliphatic hydroxyl groups is 1. The van der Waals surface area contributed by atoms with Gasteiger partial charge in [-0.3, -0.25) is 9.59 Å². The number of hydrogen-bond acceptors (Lipinski definition) is 3. The summed E-state index contributed by atoms with van der Waals surface area (Å²) in [5.74, 6) is -1.26. The number of hydrogen-bond donors (Lipinski definition) is 3. The standard InChI is InChI=1S/C15H22N2O3/c1-10(2)13(18)8-9-16-14(19)15(20)17-12-6-4-11(3)5-7-12/h4-7,10,13,18H,8-9H2,1-3H3,(H,16,19)(H,17,20). The Labute approximate surface area is 119 Å². The second-order valence-electron chi connectivity index (χ2n) is 5.18. The first kappa shape index (κ1) is 16.2. The van der Waals surface area contributed by atoms with Crippen LogP contribution in [0.3, 0.4) is 0 Å². The monoisotopic (exact) mass is 278 g/mol. The third kappa shape index (κ3) is 5.40. The van der Waals surface area contributed by atoms with Crippen molar-refractivity contribution in [1.82, 2.24) is 5.32 Å². The molecule has 0 aliphatic rings. The Morgan fingerprint density at radius 1 is 1.15 bits per heavy atom. The molecule has 2 amide bonds. The molecule has 0 heterocycles. The molecule has 0 saturated heterocycles. The van der Waals surface area contributed by atoms with Gasteiger partial charge in [0.15, 0.2) is 0 Å². The van der Waals surface area contributed by atoms with Gasteiger partial charge in [-0.15, -0.1) is 0 Å². The Kier molecular flexibility index (Phi) is 6.18. The summed E-state index contributed by atoms with van der Waals surface area (Å²) in [6.45, 7) is 6.02. The zero-order valence-electron chi connectivity index (χ0n) is 12.1. The van der Waals surface area contributed by atoms with E-state index in [1.165, 1.54) is 0 Å². The SMILES string of the molecule is Cc1ccc(NC(=O)C(=O)NCCC(O)C(C)C)cc1. The minimum atomic E-state index is -0.701. The molecule has 1 aromatic rings. The van der Waals surface area contributed by atoms with Crippen LogP contribution in [0.1, 0.15) is 25.8 Å². The summed E-state index contributed by atoms with van der Waals surface area (Å²) in [6, 6.07) is 7.19. The first-order chi connectivity index (χ1) is 9.40. The van der Waals surface area contributed by atoms with Gasteiger partial charge >= 0.3 is 11.8 Å². The van der Waals surface area contributed by atoms with Gasteiger partial charge in [-0.05, 0) is 31.4 Å². The predicted molar refractivity (Wildman–Crippen MR) is 78.3 cm³/mol. The lowest BCUT2D eigenvalue weighted by atomic mass is 10.0. The molecular formula is C15H22N2O3. The molecule has 3 N–H and O–H groups in total. The number of anilines is 1. The van der Waals surface area contributed by atoms with Gasteiger partial charge in [-0.25, -0.2) is 0 Å². The lowest BCUT2D eigenvalue weighted by molar-refractivity contribution is -0.136. The van der Waals surface area contributed by atoms with Crippen LogP contribution < -0.4 is 10.6 Å². The van der Waals surface area contributed by atoms with Crippen molar-refractivity contribution < 1.29 is 14.7 Å².